The first-order valence-corrected chi connectivity index (χ1v) is 12.9. The van der Waals surface area contributed by atoms with E-state index in [9.17, 15) is 9.59 Å². The number of hydrogen-bond acceptors (Lipinski definition) is 6. The van der Waals surface area contributed by atoms with E-state index in [0.29, 0.717) is 47.3 Å². The fourth-order valence-electron chi connectivity index (χ4n) is 3.56. The molecule has 0 N–H and O–H groups in total. The van der Waals surface area contributed by atoms with Gasteiger partial charge in [-0.25, -0.2) is 4.98 Å². The van der Waals surface area contributed by atoms with Crippen molar-refractivity contribution in [1.29, 1.82) is 0 Å². The molecule has 1 heterocycles. The van der Waals surface area contributed by atoms with Crippen molar-refractivity contribution in [1.82, 2.24) is 14.5 Å². The van der Waals surface area contributed by atoms with Gasteiger partial charge in [0.1, 0.15) is 0 Å². The molecule has 35 heavy (non-hydrogen) atoms. The van der Waals surface area contributed by atoms with Gasteiger partial charge in [-0.1, -0.05) is 45.9 Å². The molecule has 0 aliphatic rings. The van der Waals surface area contributed by atoms with E-state index in [4.69, 9.17) is 9.47 Å². The third-order valence-corrected chi connectivity index (χ3v) is 7.32. The van der Waals surface area contributed by atoms with Crippen molar-refractivity contribution < 1.29 is 14.3 Å². The number of carbonyl (C=O) groups is 1. The summed E-state index contributed by atoms with van der Waals surface area (Å²) in [4.78, 5) is 32.0. The molecule has 186 valence electrons. The number of aryl methyl sites for hydroxylation is 1. The van der Waals surface area contributed by atoms with E-state index in [-0.39, 0.29) is 17.2 Å². The monoisotopic (exact) mass is 559 g/mol. The van der Waals surface area contributed by atoms with E-state index in [2.05, 4.69) is 20.9 Å². The second-order valence-electron chi connectivity index (χ2n) is 8.17. The van der Waals surface area contributed by atoms with Crippen molar-refractivity contribution >= 4 is 33.6 Å². The number of hydrogen-bond donors (Lipinski definition) is 0. The molecule has 2 aromatic carbocycles. The lowest BCUT2D eigenvalue weighted by molar-refractivity contribution is -0.127. The van der Waals surface area contributed by atoms with Gasteiger partial charge in [0.05, 0.1) is 20.0 Å². The Morgan fingerprint density at radius 3 is 2.40 bits per heavy atom. The normalized spacial score (nSPS) is 10.8. The number of rotatable bonds is 10. The molecule has 0 saturated carbocycles. The predicted molar refractivity (Wildman–Crippen MR) is 143 cm³/mol. The van der Waals surface area contributed by atoms with E-state index in [1.54, 1.807) is 33.2 Å². The Morgan fingerprint density at radius 2 is 1.74 bits per heavy atom. The van der Waals surface area contributed by atoms with Gasteiger partial charge in [0.25, 0.3) is 5.56 Å². The molecule has 0 unspecified atom stereocenters. The van der Waals surface area contributed by atoms with E-state index in [0.717, 1.165) is 15.6 Å². The van der Waals surface area contributed by atoms with Crippen LogP contribution >= 0.6 is 27.7 Å². The van der Waals surface area contributed by atoms with Gasteiger partial charge >= 0.3 is 0 Å². The predicted octanol–water partition coefficient (Wildman–Crippen LogP) is 4.25. The van der Waals surface area contributed by atoms with Gasteiger partial charge in [-0.05, 0) is 48.7 Å². The molecule has 3 aromatic rings. The van der Waals surface area contributed by atoms with E-state index >= 15 is 0 Å². The number of carbonyl (C=O) groups excluding carboxylic acids is 1. The van der Waals surface area contributed by atoms with Crippen molar-refractivity contribution in [2.24, 2.45) is 7.05 Å². The Balaban J connectivity index is 1.60. The lowest BCUT2D eigenvalue weighted by atomic mass is 10.1. The van der Waals surface area contributed by atoms with Crippen LogP contribution in [-0.2, 0) is 24.7 Å². The largest absolute Gasteiger partial charge is 0.493 e. The van der Waals surface area contributed by atoms with Crippen LogP contribution in [-0.4, -0.2) is 53.9 Å². The maximum Gasteiger partial charge on any atom is 0.257 e. The standard InChI is InChI=1S/C26H30BrN3O4S/c1-17-21(14-18-6-9-20(27)10-7-18)25(32)30(3)26(28-17)35-16-24(31)29(2)13-12-19-8-11-22(33-4)23(15-19)34-5/h6-11,15H,12-14,16H2,1-5H3. The summed E-state index contributed by atoms with van der Waals surface area (Å²) in [6, 6.07) is 13.6. The highest BCUT2D eigenvalue weighted by Crippen LogP contribution is 2.27. The number of aromatic nitrogens is 2. The van der Waals surface area contributed by atoms with Crippen LogP contribution in [0.4, 0.5) is 0 Å². The number of likely N-dealkylation sites (N-methyl/N-ethyl adjacent to an activating group) is 1. The molecule has 3 rings (SSSR count). The molecule has 0 radical (unpaired) electrons. The summed E-state index contributed by atoms with van der Waals surface area (Å²) in [5.41, 5.74) is 3.36. The molecule has 7 nitrogen and oxygen atoms in total. The van der Waals surface area contributed by atoms with Crippen LogP contribution in [0.25, 0.3) is 0 Å². The van der Waals surface area contributed by atoms with E-state index < -0.39 is 0 Å². The van der Waals surface area contributed by atoms with Gasteiger partial charge in [-0.15, -0.1) is 0 Å². The maximum absolute atomic E-state index is 13.0. The zero-order valence-electron chi connectivity index (χ0n) is 20.6. The van der Waals surface area contributed by atoms with Gasteiger partial charge in [0, 0.05) is 42.8 Å². The summed E-state index contributed by atoms with van der Waals surface area (Å²) >= 11 is 4.71. The topological polar surface area (TPSA) is 73.7 Å². The van der Waals surface area contributed by atoms with Crippen molar-refractivity contribution in [3.63, 3.8) is 0 Å². The van der Waals surface area contributed by atoms with Gasteiger partial charge in [0.2, 0.25) is 5.91 Å². The number of benzene rings is 2. The van der Waals surface area contributed by atoms with E-state index in [1.165, 1.54) is 16.3 Å². The van der Waals surface area contributed by atoms with Crippen LogP contribution in [0.5, 0.6) is 11.5 Å². The summed E-state index contributed by atoms with van der Waals surface area (Å²) in [7, 11) is 6.69. The van der Waals surface area contributed by atoms with Crippen LogP contribution in [0.2, 0.25) is 0 Å². The van der Waals surface area contributed by atoms with Crippen LogP contribution < -0.4 is 15.0 Å². The first-order chi connectivity index (χ1) is 16.7. The van der Waals surface area contributed by atoms with Crippen LogP contribution in [0.3, 0.4) is 0 Å². The van der Waals surface area contributed by atoms with E-state index in [1.807, 2.05) is 49.4 Å². The third kappa shape index (κ3) is 6.89. The van der Waals surface area contributed by atoms with Gasteiger partial charge < -0.3 is 14.4 Å². The molecule has 9 heteroatoms. The van der Waals surface area contributed by atoms with Crippen molar-refractivity contribution in [2.75, 3.05) is 33.6 Å². The number of thioether (sulfide) groups is 1. The second-order valence-corrected chi connectivity index (χ2v) is 10.0. The Labute approximate surface area is 218 Å². The summed E-state index contributed by atoms with van der Waals surface area (Å²) in [6.45, 7) is 2.41. The minimum atomic E-state index is -0.0859. The maximum atomic E-state index is 13.0. The summed E-state index contributed by atoms with van der Waals surface area (Å²) in [6.07, 6.45) is 1.20. The molecule has 1 amide bonds. The van der Waals surface area contributed by atoms with Gasteiger partial charge in [-0.3, -0.25) is 14.2 Å². The molecule has 0 bridgehead atoms. The Morgan fingerprint density at radius 1 is 1.09 bits per heavy atom. The Kier molecular flexibility index (Phi) is 9.40. The van der Waals surface area contributed by atoms with Gasteiger partial charge in [0.15, 0.2) is 16.7 Å². The lowest BCUT2D eigenvalue weighted by Gasteiger charge is -2.18. The third-order valence-electron chi connectivity index (χ3n) is 5.78. The molecule has 0 aliphatic heterocycles. The average Bonchev–Trinajstić information content (AvgIpc) is 2.87. The summed E-state index contributed by atoms with van der Waals surface area (Å²) in [5, 5.41) is 0.536. The molecule has 0 saturated heterocycles. The SMILES string of the molecule is COc1ccc(CCN(C)C(=O)CSc2nc(C)c(Cc3ccc(Br)cc3)c(=O)n2C)cc1OC. The molecular weight excluding hydrogens is 530 g/mol. The average molecular weight is 561 g/mol. The number of halogens is 1. The minimum Gasteiger partial charge on any atom is -0.493 e. The second kappa shape index (κ2) is 12.3. The lowest BCUT2D eigenvalue weighted by Crippen LogP contribution is -2.31. The number of nitrogens with zero attached hydrogens (tertiary/aromatic N) is 3. The highest BCUT2D eigenvalue weighted by Gasteiger charge is 2.16. The first-order valence-electron chi connectivity index (χ1n) is 11.1. The highest BCUT2D eigenvalue weighted by atomic mass is 79.9. The first kappa shape index (κ1) is 26.8. The van der Waals surface area contributed by atoms with Crippen LogP contribution in [0, 0.1) is 6.92 Å². The minimum absolute atomic E-state index is 0.0266. The zero-order valence-corrected chi connectivity index (χ0v) is 23.0. The molecule has 0 spiro atoms. The van der Waals surface area contributed by atoms with Crippen molar-refractivity contribution in [3.05, 3.63) is 79.7 Å². The fraction of sp³-hybridized carbons (Fsp3) is 0.346. The molecule has 0 aliphatic carbocycles. The molecule has 0 fully saturated rings. The van der Waals surface area contributed by atoms with Crippen LogP contribution in [0.15, 0.2) is 56.9 Å². The Hall–Kier alpha value is -2.78. The summed E-state index contributed by atoms with van der Waals surface area (Å²) < 4.78 is 13.1. The summed E-state index contributed by atoms with van der Waals surface area (Å²) in [5.74, 6) is 1.52. The fourth-order valence-corrected chi connectivity index (χ4v) is 4.78. The zero-order chi connectivity index (χ0) is 25.5. The number of methoxy groups -OCH3 is 2. The van der Waals surface area contributed by atoms with Crippen molar-refractivity contribution in [3.8, 4) is 11.5 Å². The molecule has 0 atom stereocenters. The molecule has 1 aromatic heterocycles. The highest BCUT2D eigenvalue weighted by molar-refractivity contribution is 9.10. The Bertz CT molecular complexity index is 1240. The molecular formula is C26H30BrN3O4S. The number of ether oxygens (including phenoxy) is 2. The quantitative estimate of drug-likeness (QED) is 0.273. The smallest absolute Gasteiger partial charge is 0.257 e. The van der Waals surface area contributed by atoms with Crippen LogP contribution in [0.1, 0.15) is 22.4 Å². The van der Waals surface area contributed by atoms with Crippen molar-refractivity contribution in [2.45, 2.75) is 24.9 Å². The number of amides is 1. The van der Waals surface area contributed by atoms with Gasteiger partial charge in [-0.2, -0.15) is 0 Å².